The highest BCUT2D eigenvalue weighted by Gasteiger charge is 2.16. The maximum Gasteiger partial charge on any atom is 0.269 e. The van der Waals surface area contributed by atoms with Crippen LogP contribution in [0.2, 0.25) is 0 Å². The third-order valence-corrected chi connectivity index (χ3v) is 4.71. The van der Waals surface area contributed by atoms with Gasteiger partial charge >= 0.3 is 0 Å². The standard InChI is InChI=1S/C16H24N4O2S/c1-5-19(6-2)7-8-20-11-13(10-17-20)18-16(21)15-14(22-4)9-12(3)23-15/h9-11H,5-8H2,1-4H3,(H,18,21). The SMILES string of the molecule is CCN(CC)CCn1cc(NC(=O)c2sc(C)cc2OC)cn1. The number of hydrogen-bond acceptors (Lipinski definition) is 5. The molecule has 7 heteroatoms. The number of carbonyl (C=O) groups is 1. The first-order valence-electron chi connectivity index (χ1n) is 7.77. The summed E-state index contributed by atoms with van der Waals surface area (Å²) in [6, 6.07) is 1.87. The Bertz CT molecular complexity index is 646. The first kappa shape index (κ1) is 17.5. The predicted octanol–water partition coefficient (Wildman–Crippen LogP) is 2.86. The average molecular weight is 336 g/mol. The molecule has 0 fully saturated rings. The molecule has 0 radical (unpaired) electrons. The van der Waals surface area contributed by atoms with Gasteiger partial charge in [0.25, 0.3) is 5.91 Å². The number of aromatic nitrogens is 2. The molecule has 0 saturated carbocycles. The minimum atomic E-state index is -0.164. The van der Waals surface area contributed by atoms with E-state index in [-0.39, 0.29) is 5.91 Å². The lowest BCUT2D eigenvalue weighted by Gasteiger charge is -2.17. The maximum atomic E-state index is 12.3. The number of ether oxygens (including phenoxy) is 1. The maximum absolute atomic E-state index is 12.3. The van der Waals surface area contributed by atoms with Crippen molar-refractivity contribution in [2.75, 3.05) is 32.1 Å². The van der Waals surface area contributed by atoms with Crippen LogP contribution in [0, 0.1) is 6.92 Å². The van der Waals surface area contributed by atoms with E-state index in [1.54, 1.807) is 13.3 Å². The third kappa shape index (κ3) is 4.56. The molecule has 6 nitrogen and oxygen atoms in total. The molecule has 2 aromatic rings. The second-order valence-corrected chi connectivity index (χ2v) is 6.48. The normalized spacial score (nSPS) is 11.0. The average Bonchev–Trinajstić information content (AvgIpc) is 3.14. The molecular formula is C16H24N4O2S. The van der Waals surface area contributed by atoms with Gasteiger partial charge in [-0.05, 0) is 26.1 Å². The number of rotatable bonds is 8. The van der Waals surface area contributed by atoms with Gasteiger partial charge in [-0.1, -0.05) is 13.8 Å². The fourth-order valence-corrected chi connectivity index (χ4v) is 3.20. The molecule has 0 aliphatic carbocycles. The van der Waals surface area contributed by atoms with Gasteiger partial charge in [0.1, 0.15) is 10.6 Å². The summed E-state index contributed by atoms with van der Waals surface area (Å²) in [5, 5.41) is 7.18. The zero-order chi connectivity index (χ0) is 16.8. The molecule has 0 unspecified atom stereocenters. The summed E-state index contributed by atoms with van der Waals surface area (Å²) in [7, 11) is 1.57. The van der Waals surface area contributed by atoms with E-state index in [1.807, 2.05) is 23.9 Å². The Morgan fingerprint density at radius 1 is 1.43 bits per heavy atom. The Balaban J connectivity index is 1.97. The van der Waals surface area contributed by atoms with Crippen molar-refractivity contribution < 1.29 is 9.53 Å². The summed E-state index contributed by atoms with van der Waals surface area (Å²) in [6.07, 6.45) is 3.53. The van der Waals surface area contributed by atoms with E-state index in [4.69, 9.17) is 4.74 Å². The molecule has 0 spiro atoms. The van der Waals surface area contributed by atoms with Gasteiger partial charge in [0.2, 0.25) is 0 Å². The van der Waals surface area contributed by atoms with Crippen molar-refractivity contribution in [3.8, 4) is 5.75 Å². The first-order chi connectivity index (χ1) is 11.1. The summed E-state index contributed by atoms with van der Waals surface area (Å²) in [5.74, 6) is 0.446. The highest BCUT2D eigenvalue weighted by atomic mass is 32.1. The number of hydrogen-bond donors (Lipinski definition) is 1. The number of anilines is 1. The van der Waals surface area contributed by atoms with Crippen LogP contribution in [0.1, 0.15) is 28.4 Å². The highest BCUT2D eigenvalue weighted by molar-refractivity contribution is 7.14. The molecule has 0 atom stereocenters. The topological polar surface area (TPSA) is 59.4 Å². The first-order valence-corrected chi connectivity index (χ1v) is 8.59. The predicted molar refractivity (Wildman–Crippen MR) is 93.6 cm³/mol. The molecule has 0 aliphatic heterocycles. The van der Waals surface area contributed by atoms with Crippen molar-refractivity contribution in [3.05, 3.63) is 28.2 Å². The van der Waals surface area contributed by atoms with E-state index < -0.39 is 0 Å². The summed E-state index contributed by atoms with van der Waals surface area (Å²) in [4.78, 5) is 16.3. The largest absolute Gasteiger partial charge is 0.495 e. The quantitative estimate of drug-likeness (QED) is 0.805. The fourth-order valence-electron chi connectivity index (χ4n) is 2.32. The van der Waals surface area contributed by atoms with E-state index in [2.05, 4.69) is 29.2 Å². The number of thiophene rings is 1. The zero-order valence-electron chi connectivity index (χ0n) is 14.1. The monoisotopic (exact) mass is 336 g/mol. The van der Waals surface area contributed by atoms with Crippen LogP contribution in [0.3, 0.4) is 0 Å². The van der Waals surface area contributed by atoms with Crippen molar-refractivity contribution in [1.29, 1.82) is 0 Å². The Morgan fingerprint density at radius 2 is 2.17 bits per heavy atom. The Kier molecular flexibility index (Phi) is 6.18. The van der Waals surface area contributed by atoms with Gasteiger partial charge in [0, 0.05) is 17.6 Å². The summed E-state index contributed by atoms with van der Waals surface area (Å²) in [5.41, 5.74) is 0.697. The zero-order valence-corrected chi connectivity index (χ0v) is 14.9. The summed E-state index contributed by atoms with van der Waals surface area (Å²) >= 11 is 1.42. The number of methoxy groups -OCH3 is 1. The fraction of sp³-hybridized carbons (Fsp3) is 0.500. The molecular weight excluding hydrogens is 312 g/mol. The van der Waals surface area contributed by atoms with Crippen molar-refractivity contribution in [1.82, 2.24) is 14.7 Å². The number of nitrogens with one attached hydrogen (secondary N) is 1. The summed E-state index contributed by atoms with van der Waals surface area (Å²) in [6.45, 7) is 10.1. The Hall–Kier alpha value is -1.86. The minimum Gasteiger partial charge on any atom is -0.495 e. The molecule has 0 aliphatic rings. The van der Waals surface area contributed by atoms with Crippen LogP contribution in [0.4, 0.5) is 5.69 Å². The van der Waals surface area contributed by atoms with E-state index >= 15 is 0 Å². The number of nitrogens with zero attached hydrogens (tertiary/aromatic N) is 3. The van der Waals surface area contributed by atoms with Crippen molar-refractivity contribution in [2.45, 2.75) is 27.3 Å². The van der Waals surface area contributed by atoms with Crippen molar-refractivity contribution in [2.24, 2.45) is 0 Å². The molecule has 0 saturated heterocycles. The Morgan fingerprint density at radius 3 is 2.83 bits per heavy atom. The van der Waals surface area contributed by atoms with Crippen LogP contribution in [0.25, 0.3) is 0 Å². The van der Waals surface area contributed by atoms with Crippen molar-refractivity contribution >= 4 is 22.9 Å². The van der Waals surface area contributed by atoms with Gasteiger partial charge in [-0.15, -0.1) is 11.3 Å². The van der Waals surface area contributed by atoms with Gasteiger partial charge in [-0.25, -0.2) is 0 Å². The van der Waals surface area contributed by atoms with Crippen LogP contribution in [0.15, 0.2) is 18.5 Å². The van der Waals surface area contributed by atoms with Crippen LogP contribution >= 0.6 is 11.3 Å². The molecule has 126 valence electrons. The van der Waals surface area contributed by atoms with E-state index in [0.29, 0.717) is 16.3 Å². The van der Waals surface area contributed by atoms with Gasteiger partial charge in [0.15, 0.2) is 0 Å². The lowest BCUT2D eigenvalue weighted by Crippen LogP contribution is -2.27. The number of likely N-dealkylation sites (N-methyl/N-ethyl adjacent to an activating group) is 1. The molecule has 2 rings (SSSR count). The molecule has 23 heavy (non-hydrogen) atoms. The minimum absolute atomic E-state index is 0.164. The van der Waals surface area contributed by atoms with Gasteiger partial charge in [-0.2, -0.15) is 5.10 Å². The van der Waals surface area contributed by atoms with Crippen LogP contribution < -0.4 is 10.1 Å². The second kappa shape index (κ2) is 8.12. The van der Waals surface area contributed by atoms with Gasteiger partial charge in [-0.3, -0.25) is 9.48 Å². The van der Waals surface area contributed by atoms with Crippen molar-refractivity contribution in [3.63, 3.8) is 0 Å². The Labute approximate surface area is 141 Å². The molecule has 2 heterocycles. The molecule has 1 N–H and O–H groups in total. The number of amides is 1. The van der Waals surface area contributed by atoms with Gasteiger partial charge in [0.05, 0.1) is 25.5 Å². The van der Waals surface area contributed by atoms with E-state index in [1.165, 1.54) is 11.3 Å². The lowest BCUT2D eigenvalue weighted by molar-refractivity contribution is 0.102. The highest BCUT2D eigenvalue weighted by Crippen LogP contribution is 2.29. The van der Waals surface area contributed by atoms with Crippen LogP contribution in [-0.4, -0.2) is 47.3 Å². The van der Waals surface area contributed by atoms with E-state index in [9.17, 15) is 4.79 Å². The smallest absolute Gasteiger partial charge is 0.269 e. The molecule has 1 amide bonds. The molecule has 2 aromatic heterocycles. The molecule has 0 aromatic carbocycles. The lowest BCUT2D eigenvalue weighted by atomic mass is 10.3. The third-order valence-electron chi connectivity index (χ3n) is 3.68. The van der Waals surface area contributed by atoms with Crippen LogP contribution in [-0.2, 0) is 6.54 Å². The van der Waals surface area contributed by atoms with E-state index in [0.717, 1.165) is 31.1 Å². The second-order valence-electron chi connectivity index (χ2n) is 5.23. The number of aryl methyl sites for hydroxylation is 1. The molecule has 0 bridgehead atoms. The number of carbonyl (C=O) groups excluding carboxylic acids is 1. The van der Waals surface area contributed by atoms with Crippen LogP contribution in [0.5, 0.6) is 5.75 Å². The summed E-state index contributed by atoms with van der Waals surface area (Å²) < 4.78 is 7.10. The van der Waals surface area contributed by atoms with Gasteiger partial charge < -0.3 is 15.0 Å².